The first-order valence-electron chi connectivity index (χ1n) is 8.28. The fourth-order valence-electron chi connectivity index (χ4n) is 3.08. The number of aromatic amines is 1. The maximum atomic E-state index is 12.7. The van der Waals surface area contributed by atoms with Crippen molar-refractivity contribution in [2.75, 3.05) is 0 Å². The lowest BCUT2D eigenvalue weighted by Gasteiger charge is -2.23. The average Bonchev–Trinajstić information content (AvgIpc) is 2.98. The van der Waals surface area contributed by atoms with E-state index < -0.39 is 0 Å². The summed E-state index contributed by atoms with van der Waals surface area (Å²) in [6.45, 7) is 8.51. The Balaban J connectivity index is 1.73. The summed E-state index contributed by atoms with van der Waals surface area (Å²) in [6.07, 6.45) is 2.14. The van der Waals surface area contributed by atoms with E-state index >= 15 is 0 Å². The van der Waals surface area contributed by atoms with Gasteiger partial charge in [0.05, 0.1) is 11.2 Å². The molecular weight excluding hydrogens is 308 g/mol. The van der Waals surface area contributed by atoms with E-state index in [1.165, 1.54) is 0 Å². The molecule has 1 unspecified atom stereocenters. The maximum absolute atomic E-state index is 12.7. The molecule has 0 bridgehead atoms. The van der Waals surface area contributed by atoms with Crippen molar-refractivity contribution < 1.29 is 4.79 Å². The Bertz CT molecular complexity index is 807. The number of carbonyl (C=O) groups is 1. The highest BCUT2D eigenvalue weighted by Gasteiger charge is 2.25. The summed E-state index contributed by atoms with van der Waals surface area (Å²) in [4.78, 5) is 24.4. The quantitative estimate of drug-likeness (QED) is 0.856. The van der Waals surface area contributed by atoms with Crippen molar-refractivity contribution in [3.8, 4) is 0 Å². The number of nitrogens with zero attached hydrogens (tertiary/aromatic N) is 4. The first kappa shape index (κ1) is 16.5. The van der Waals surface area contributed by atoms with Gasteiger partial charge in [-0.15, -0.1) is 0 Å². The van der Waals surface area contributed by atoms with Gasteiger partial charge in [0, 0.05) is 19.0 Å². The van der Waals surface area contributed by atoms with Gasteiger partial charge in [-0.1, -0.05) is 0 Å². The number of fused-ring (bicyclic) bond motifs is 1. The van der Waals surface area contributed by atoms with Gasteiger partial charge in [-0.2, -0.15) is 10.2 Å². The third-order valence-electron chi connectivity index (χ3n) is 4.29. The Hall–Kier alpha value is -2.38. The molecule has 2 N–H and O–H groups in total. The molecule has 8 nitrogen and oxygen atoms in total. The summed E-state index contributed by atoms with van der Waals surface area (Å²) < 4.78 is 3.42. The van der Waals surface area contributed by atoms with Gasteiger partial charge in [0.25, 0.3) is 5.91 Å². The smallest absolute Gasteiger partial charge is 0.343 e. The number of nitrogens with one attached hydrogen (secondary N) is 2. The van der Waals surface area contributed by atoms with E-state index in [1.54, 1.807) is 9.25 Å². The van der Waals surface area contributed by atoms with Crippen LogP contribution in [-0.2, 0) is 18.5 Å². The minimum absolute atomic E-state index is 0.0159. The van der Waals surface area contributed by atoms with E-state index in [0.29, 0.717) is 25.1 Å². The fraction of sp³-hybridized carbons (Fsp3) is 0.625. The molecule has 0 aromatic carbocycles. The molecule has 130 valence electrons. The zero-order valence-corrected chi connectivity index (χ0v) is 14.6. The van der Waals surface area contributed by atoms with Crippen LogP contribution in [0.5, 0.6) is 0 Å². The molecule has 1 aliphatic heterocycles. The summed E-state index contributed by atoms with van der Waals surface area (Å²) in [6, 6.07) is 1.83. The molecule has 3 heterocycles. The third kappa shape index (κ3) is 3.13. The minimum Gasteiger partial charge on any atom is -0.348 e. The lowest BCUT2D eigenvalue weighted by molar-refractivity contribution is 0.0914. The van der Waals surface area contributed by atoms with E-state index in [2.05, 4.69) is 20.6 Å². The van der Waals surface area contributed by atoms with Gasteiger partial charge in [0.1, 0.15) is 11.5 Å². The maximum Gasteiger partial charge on any atom is 0.343 e. The topological polar surface area (TPSA) is 97.6 Å². The van der Waals surface area contributed by atoms with Crippen molar-refractivity contribution in [1.29, 1.82) is 0 Å². The van der Waals surface area contributed by atoms with Crippen LogP contribution in [0.15, 0.2) is 10.9 Å². The Labute approximate surface area is 140 Å². The van der Waals surface area contributed by atoms with Crippen LogP contribution in [0.4, 0.5) is 0 Å². The monoisotopic (exact) mass is 332 g/mol. The number of H-pyrrole nitrogens is 1. The van der Waals surface area contributed by atoms with Crippen LogP contribution in [-0.4, -0.2) is 36.5 Å². The SMILES string of the molecule is Cc1cc(C(=O)NC2CCc3n[nH]c(=O)n3CC2)n(C(C)(C)C)n1. The van der Waals surface area contributed by atoms with Crippen molar-refractivity contribution >= 4 is 5.91 Å². The number of hydrogen-bond donors (Lipinski definition) is 2. The second-order valence-electron chi connectivity index (χ2n) is 7.35. The van der Waals surface area contributed by atoms with E-state index in [4.69, 9.17) is 0 Å². The second kappa shape index (κ2) is 5.92. The number of hydrogen-bond acceptors (Lipinski definition) is 4. The van der Waals surface area contributed by atoms with Gasteiger partial charge in [-0.05, 0) is 46.6 Å². The van der Waals surface area contributed by atoms with Crippen LogP contribution in [0, 0.1) is 6.92 Å². The van der Waals surface area contributed by atoms with Gasteiger partial charge >= 0.3 is 5.69 Å². The number of aromatic nitrogens is 5. The molecule has 0 fully saturated rings. The summed E-state index contributed by atoms with van der Waals surface area (Å²) in [5.74, 6) is 0.635. The van der Waals surface area contributed by atoms with Gasteiger partial charge in [-0.3, -0.25) is 14.0 Å². The Kier molecular flexibility index (Phi) is 4.06. The summed E-state index contributed by atoms with van der Waals surface area (Å²) in [5.41, 5.74) is 0.945. The summed E-state index contributed by atoms with van der Waals surface area (Å²) >= 11 is 0. The highest BCUT2D eigenvalue weighted by atomic mass is 16.2. The molecule has 3 rings (SSSR count). The van der Waals surface area contributed by atoms with Gasteiger partial charge in [-0.25, -0.2) is 9.89 Å². The molecule has 2 aromatic rings. The number of carbonyl (C=O) groups excluding carboxylic acids is 1. The van der Waals surface area contributed by atoms with Gasteiger partial charge in [0.15, 0.2) is 0 Å². The predicted molar refractivity (Wildman–Crippen MR) is 89.0 cm³/mol. The molecule has 0 radical (unpaired) electrons. The van der Waals surface area contributed by atoms with E-state index in [-0.39, 0.29) is 23.2 Å². The molecule has 0 aliphatic carbocycles. The number of amides is 1. The molecule has 0 spiro atoms. The van der Waals surface area contributed by atoms with E-state index in [9.17, 15) is 9.59 Å². The van der Waals surface area contributed by atoms with Crippen LogP contribution in [0.3, 0.4) is 0 Å². The third-order valence-corrected chi connectivity index (χ3v) is 4.29. The predicted octanol–water partition coefficient (Wildman–Crippen LogP) is 0.966. The molecule has 1 atom stereocenters. The van der Waals surface area contributed by atoms with Crippen LogP contribution < -0.4 is 11.0 Å². The average molecular weight is 332 g/mol. The standard InChI is InChI=1S/C16H24N6O2/c1-10-9-12(22(20-10)16(2,3)4)14(23)17-11-5-6-13-18-19-15(24)21(13)8-7-11/h9,11H,5-8H2,1-4H3,(H,17,23)(H,19,24). The van der Waals surface area contributed by atoms with Crippen molar-refractivity contribution in [2.24, 2.45) is 0 Å². The summed E-state index contributed by atoms with van der Waals surface area (Å²) in [5, 5.41) is 14.0. The molecule has 1 amide bonds. The lowest BCUT2D eigenvalue weighted by atomic mass is 10.1. The second-order valence-corrected chi connectivity index (χ2v) is 7.35. The van der Waals surface area contributed by atoms with E-state index in [0.717, 1.165) is 17.9 Å². The Morgan fingerprint density at radius 1 is 1.38 bits per heavy atom. The summed E-state index contributed by atoms with van der Waals surface area (Å²) in [7, 11) is 0. The minimum atomic E-state index is -0.264. The largest absolute Gasteiger partial charge is 0.348 e. The molecule has 0 saturated heterocycles. The number of rotatable bonds is 2. The van der Waals surface area contributed by atoms with Crippen LogP contribution in [0.1, 0.15) is 55.6 Å². The van der Waals surface area contributed by atoms with Crippen molar-refractivity contribution in [3.63, 3.8) is 0 Å². The highest BCUT2D eigenvalue weighted by Crippen LogP contribution is 2.18. The Morgan fingerprint density at radius 2 is 2.12 bits per heavy atom. The lowest BCUT2D eigenvalue weighted by Crippen LogP contribution is -2.38. The molecule has 24 heavy (non-hydrogen) atoms. The first-order chi connectivity index (χ1) is 11.3. The molecule has 1 aliphatic rings. The molecular formula is C16H24N6O2. The van der Waals surface area contributed by atoms with Crippen LogP contribution >= 0.6 is 0 Å². The number of aryl methyl sites for hydroxylation is 2. The van der Waals surface area contributed by atoms with Crippen molar-refractivity contribution in [3.05, 3.63) is 33.8 Å². The zero-order chi connectivity index (χ0) is 17.5. The van der Waals surface area contributed by atoms with Gasteiger partial charge in [0.2, 0.25) is 0 Å². The molecule has 0 saturated carbocycles. The normalized spacial score (nSPS) is 18.1. The van der Waals surface area contributed by atoms with E-state index in [1.807, 2.05) is 33.8 Å². The molecule has 8 heteroatoms. The Morgan fingerprint density at radius 3 is 2.83 bits per heavy atom. The molecule has 2 aromatic heterocycles. The highest BCUT2D eigenvalue weighted by molar-refractivity contribution is 5.93. The van der Waals surface area contributed by atoms with Crippen LogP contribution in [0.2, 0.25) is 0 Å². The first-order valence-corrected chi connectivity index (χ1v) is 8.28. The van der Waals surface area contributed by atoms with Crippen molar-refractivity contribution in [2.45, 2.75) is 65.1 Å². The fourth-order valence-corrected chi connectivity index (χ4v) is 3.08. The zero-order valence-electron chi connectivity index (χ0n) is 14.6. The van der Waals surface area contributed by atoms with Crippen molar-refractivity contribution in [1.82, 2.24) is 29.9 Å². The van der Waals surface area contributed by atoms with Crippen LogP contribution in [0.25, 0.3) is 0 Å². The van der Waals surface area contributed by atoms with Gasteiger partial charge < -0.3 is 5.32 Å².